The van der Waals surface area contributed by atoms with Crippen LogP contribution in [-0.4, -0.2) is 12.3 Å². The Labute approximate surface area is 143 Å². The van der Waals surface area contributed by atoms with Gasteiger partial charge in [0.2, 0.25) is 0 Å². The predicted molar refractivity (Wildman–Crippen MR) is 99.9 cm³/mol. The minimum Gasteiger partial charge on any atom is -0.350 e. The third-order valence-electron chi connectivity index (χ3n) is 4.08. The molecular formula is C20H25NOS. The maximum absolute atomic E-state index is 12.3. The average molecular weight is 327 g/mol. The highest BCUT2D eigenvalue weighted by molar-refractivity contribution is 8.14. The molecule has 2 nitrogen and oxygen atoms in total. The minimum atomic E-state index is -0.336. The summed E-state index contributed by atoms with van der Waals surface area (Å²) >= 11 is 1.40. The number of nitrogens with one attached hydrogen (secondary N) is 1. The molecule has 0 aliphatic rings. The molecule has 23 heavy (non-hydrogen) atoms. The molecule has 2 aromatic rings. The van der Waals surface area contributed by atoms with Crippen LogP contribution in [0.15, 0.2) is 60.7 Å². The van der Waals surface area contributed by atoms with E-state index in [2.05, 4.69) is 60.8 Å². The van der Waals surface area contributed by atoms with Gasteiger partial charge in [-0.25, -0.2) is 0 Å². The van der Waals surface area contributed by atoms with Crippen LogP contribution in [0.4, 0.5) is 4.79 Å². The first-order valence-corrected chi connectivity index (χ1v) is 9.06. The molecule has 0 radical (unpaired) electrons. The van der Waals surface area contributed by atoms with E-state index in [-0.39, 0.29) is 9.99 Å². The van der Waals surface area contributed by atoms with Crippen molar-refractivity contribution in [1.29, 1.82) is 0 Å². The second-order valence-electron chi connectivity index (χ2n) is 5.66. The maximum Gasteiger partial charge on any atom is 0.280 e. The van der Waals surface area contributed by atoms with E-state index in [0.717, 1.165) is 12.8 Å². The fraction of sp³-hybridized carbons (Fsp3) is 0.350. The molecule has 2 aromatic carbocycles. The Morgan fingerprint density at radius 2 is 1.48 bits per heavy atom. The van der Waals surface area contributed by atoms with Crippen molar-refractivity contribution >= 4 is 17.0 Å². The summed E-state index contributed by atoms with van der Waals surface area (Å²) in [5, 5.41) is 2.78. The van der Waals surface area contributed by atoms with Gasteiger partial charge in [0.25, 0.3) is 5.24 Å². The molecule has 0 unspecified atom stereocenters. The Kier molecular flexibility index (Phi) is 6.72. The van der Waals surface area contributed by atoms with E-state index in [1.807, 2.05) is 12.1 Å². The molecule has 1 N–H and O–H groups in total. The van der Waals surface area contributed by atoms with Crippen LogP contribution in [0.5, 0.6) is 0 Å². The lowest BCUT2D eigenvalue weighted by Crippen LogP contribution is -2.28. The average Bonchev–Trinajstić information content (AvgIpc) is 2.62. The topological polar surface area (TPSA) is 29.1 Å². The van der Waals surface area contributed by atoms with Gasteiger partial charge in [-0.2, -0.15) is 0 Å². The number of carbonyl (C=O) groups is 1. The SMILES string of the molecule is CCCCCC(SC(=O)NC)(c1ccccc1)c1ccccc1. The van der Waals surface area contributed by atoms with Gasteiger partial charge in [-0.15, -0.1) is 0 Å². The number of thioether (sulfide) groups is 1. The number of hydrogen-bond donors (Lipinski definition) is 1. The first-order chi connectivity index (χ1) is 11.2. The van der Waals surface area contributed by atoms with Crippen LogP contribution >= 0.6 is 11.8 Å². The summed E-state index contributed by atoms with van der Waals surface area (Å²) in [5.74, 6) is 0. The van der Waals surface area contributed by atoms with Gasteiger partial charge in [-0.3, -0.25) is 4.79 Å². The van der Waals surface area contributed by atoms with E-state index in [0.29, 0.717) is 0 Å². The number of benzene rings is 2. The van der Waals surface area contributed by atoms with Crippen LogP contribution in [0.3, 0.4) is 0 Å². The van der Waals surface area contributed by atoms with Crippen LogP contribution in [0.2, 0.25) is 0 Å². The standard InChI is InChI=1S/C20H25NOS/c1-3-4-11-16-20(23-19(22)21-2,17-12-7-5-8-13-17)18-14-9-6-10-15-18/h5-10,12-15H,3-4,11,16H2,1-2H3,(H,21,22). The lowest BCUT2D eigenvalue weighted by Gasteiger charge is -2.34. The zero-order valence-electron chi connectivity index (χ0n) is 13.9. The molecule has 0 spiro atoms. The summed E-state index contributed by atoms with van der Waals surface area (Å²) < 4.78 is -0.336. The quantitative estimate of drug-likeness (QED) is 0.672. The van der Waals surface area contributed by atoms with E-state index < -0.39 is 0 Å². The van der Waals surface area contributed by atoms with E-state index in [1.54, 1.807) is 7.05 Å². The Bertz CT molecular complexity index is 558. The van der Waals surface area contributed by atoms with Crippen molar-refractivity contribution < 1.29 is 4.79 Å². The summed E-state index contributed by atoms with van der Waals surface area (Å²) in [4.78, 5) is 12.3. The summed E-state index contributed by atoms with van der Waals surface area (Å²) in [6.07, 6.45) is 4.40. The largest absolute Gasteiger partial charge is 0.350 e. The molecule has 1 amide bonds. The summed E-state index contributed by atoms with van der Waals surface area (Å²) in [6.45, 7) is 2.21. The maximum atomic E-state index is 12.3. The number of amides is 1. The highest BCUT2D eigenvalue weighted by atomic mass is 32.2. The zero-order chi connectivity index (χ0) is 16.5. The van der Waals surface area contributed by atoms with Crippen molar-refractivity contribution in [3.05, 3.63) is 71.8 Å². The van der Waals surface area contributed by atoms with E-state index >= 15 is 0 Å². The molecule has 0 heterocycles. The third-order valence-corrected chi connectivity index (χ3v) is 5.50. The Balaban J connectivity index is 2.50. The van der Waals surface area contributed by atoms with Crippen LogP contribution in [-0.2, 0) is 4.75 Å². The van der Waals surface area contributed by atoms with Crippen LogP contribution < -0.4 is 5.32 Å². The normalized spacial score (nSPS) is 11.2. The highest BCUT2D eigenvalue weighted by Gasteiger charge is 2.36. The van der Waals surface area contributed by atoms with Gasteiger partial charge in [-0.1, -0.05) is 86.8 Å². The molecule has 3 heteroatoms. The summed E-state index contributed by atoms with van der Waals surface area (Å²) in [7, 11) is 1.70. The van der Waals surface area contributed by atoms with Gasteiger partial charge >= 0.3 is 0 Å². The molecule has 0 aliphatic carbocycles. The first-order valence-electron chi connectivity index (χ1n) is 8.24. The number of rotatable bonds is 7. The second kappa shape index (κ2) is 8.78. The second-order valence-corrected chi connectivity index (χ2v) is 6.93. The van der Waals surface area contributed by atoms with Crippen LogP contribution in [0.1, 0.15) is 43.7 Å². The monoisotopic (exact) mass is 327 g/mol. The number of hydrogen-bond acceptors (Lipinski definition) is 2. The predicted octanol–water partition coefficient (Wildman–Crippen LogP) is 5.58. The van der Waals surface area contributed by atoms with Gasteiger partial charge in [0.15, 0.2) is 0 Å². The fourth-order valence-corrected chi connectivity index (χ4v) is 4.05. The number of carbonyl (C=O) groups excluding carboxylic acids is 1. The van der Waals surface area contributed by atoms with Gasteiger partial charge in [-0.05, 0) is 29.3 Å². The van der Waals surface area contributed by atoms with Crippen molar-refractivity contribution in [1.82, 2.24) is 5.32 Å². The van der Waals surface area contributed by atoms with Crippen LogP contribution in [0, 0.1) is 0 Å². The Hall–Kier alpha value is -1.74. The minimum absolute atomic E-state index is 0.00852. The van der Waals surface area contributed by atoms with Crippen molar-refractivity contribution in [2.45, 2.75) is 37.4 Å². The van der Waals surface area contributed by atoms with E-state index in [9.17, 15) is 4.79 Å². The molecule has 122 valence electrons. The molecule has 0 aromatic heterocycles. The van der Waals surface area contributed by atoms with Gasteiger partial charge in [0.05, 0.1) is 4.75 Å². The smallest absolute Gasteiger partial charge is 0.280 e. The molecule has 0 aliphatic heterocycles. The molecule has 0 saturated carbocycles. The molecule has 0 atom stereocenters. The van der Waals surface area contributed by atoms with E-state index in [4.69, 9.17) is 0 Å². The van der Waals surface area contributed by atoms with E-state index in [1.165, 1.54) is 35.7 Å². The molecule has 2 rings (SSSR count). The Morgan fingerprint density at radius 3 is 1.91 bits per heavy atom. The molecule has 0 bridgehead atoms. The summed E-state index contributed by atoms with van der Waals surface area (Å²) in [6, 6.07) is 20.8. The lowest BCUT2D eigenvalue weighted by atomic mass is 9.85. The molecule has 0 saturated heterocycles. The third kappa shape index (κ3) is 4.38. The Morgan fingerprint density at radius 1 is 0.957 bits per heavy atom. The van der Waals surface area contributed by atoms with Gasteiger partial charge in [0, 0.05) is 7.05 Å². The summed E-state index contributed by atoms with van der Waals surface area (Å²) in [5.41, 5.74) is 2.38. The van der Waals surface area contributed by atoms with Crippen molar-refractivity contribution in [3.8, 4) is 0 Å². The van der Waals surface area contributed by atoms with Crippen molar-refractivity contribution in [2.75, 3.05) is 7.05 Å². The van der Waals surface area contributed by atoms with Gasteiger partial charge in [0.1, 0.15) is 0 Å². The molecular weight excluding hydrogens is 302 g/mol. The number of unbranched alkanes of at least 4 members (excludes halogenated alkanes) is 2. The van der Waals surface area contributed by atoms with Crippen molar-refractivity contribution in [2.24, 2.45) is 0 Å². The highest BCUT2D eigenvalue weighted by Crippen LogP contribution is 2.47. The first kappa shape index (κ1) is 17.6. The van der Waals surface area contributed by atoms with Crippen LogP contribution in [0.25, 0.3) is 0 Å². The fourth-order valence-electron chi connectivity index (χ4n) is 2.87. The van der Waals surface area contributed by atoms with Gasteiger partial charge < -0.3 is 5.32 Å². The molecule has 0 fully saturated rings. The lowest BCUT2D eigenvalue weighted by molar-refractivity contribution is 0.262. The zero-order valence-corrected chi connectivity index (χ0v) is 14.7. The van der Waals surface area contributed by atoms with Crippen molar-refractivity contribution in [3.63, 3.8) is 0 Å².